The molecule has 2 N–H and O–H groups in total. The first-order chi connectivity index (χ1) is 15.0. The lowest BCUT2D eigenvalue weighted by Crippen LogP contribution is -2.42. The Morgan fingerprint density at radius 2 is 2.19 bits per heavy atom. The quantitative estimate of drug-likeness (QED) is 0.500. The van der Waals surface area contributed by atoms with Gasteiger partial charge in [-0.1, -0.05) is 6.92 Å². The second kappa shape index (κ2) is 11.7. The van der Waals surface area contributed by atoms with Crippen LogP contribution in [0.3, 0.4) is 0 Å². The topological polar surface area (TPSA) is 82.9 Å². The Balaban J connectivity index is 1.65. The second-order valence-corrected chi connectivity index (χ2v) is 9.67. The molecule has 1 aromatic heterocycles. The fourth-order valence-electron chi connectivity index (χ4n) is 4.62. The minimum Gasteiger partial charge on any atom is -0.497 e. The van der Waals surface area contributed by atoms with E-state index < -0.39 is 12.1 Å². The van der Waals surface area contributed by atoms with Crippen LogP contribution in [0.5, 0.6) is 5.75 Å². The van der Waals surface area contributed by atoms with E-state index in [9.17, 15) is 15.0 Å². The standard InChI is InChI=1S/C24H34N2O4S/c1-3-31-13-12-26-11-9-17(18(16-26)14-24(28)29)4-7-23(27)20-8-10-25-22-6-5-19(30-2)15-21(20)22/h5-6,8,10,15,17-18,23,27H,3-4,7,9,11-14,16H2,1-2H3,(H,28,29)/t17-,18+,23-/m1/s1. The SMILES string of the molecule is CCSCCN1CC[C@@H](CC[C@@H](O)c2ccnc3ccc(OC)cc23)[C@@H](CC(=O)O)C1. The number of aliphatic hydroxyl groups excluding tert-OH is 1. The van der Waals surface area contributed by atoms with Gasteiger partial charge in [-0.3, -0.25) is 9.78 Å². The molecule has 1 aliphatic rings. The van der Waals surface area contributed by atoms with Crippen molar-refractivity contribution >= 4 is 28.6 Å². The third kappa shape index (κ3) is 6.57. The molecule has 2 aromatic rings. The lowest BCUT2D eigenvalue weighted by Gasteiger charge is -2.38. The summed E-state index contributed by atoms with van der Waals surface area (Å²) in [7, 11) is 1.63. The second-order valence-electron chi connectivity index (χ2n) is 8.28. The van der Waals surface area contributed by atoms with Crippen LogP contribution in [0.2, 0.25) is 0 Å². The van der Waals surface area contributed by atoms with E-state index in [4.69, 9.17) is 4.74 Å². The van der Waals surface area contributed by atoms with Crippen LogP contribution >= 0.6 is 11.8 Å². The predicted molar refractivity (Wildman–Crippen MR) is 126 cm³/mol. The molecule has 0 aliphatic carbocycles. The molecule has 170 valence electrons. The summed E-state index contributed by atoms with van der Waals surface area (Å²) in [6, 6.07) is 7.56. The molecule has 1 saturated heterocycles. The highest BCUT2D eigenvalue weighted by molar-refractivity contribution is 7.99. The highest BCUT2D eigenvalue weighted by Gasteiger charge is 2.31. The van der Waals surface area contributed by atoms with Crippen LogP contribution < -0.4 is 4.74 Å². The number of hydrogen-bond acceptors (Lipinski definition) is 6. The van der Waals surface area contributed by atoms with Crippen LogP contribution in [0.15, 0.2) is 30.5 Å². The van der Waals surface area contributed by atoms with E-state index >= 15 is 0 Å². The Bertz CT molecular complexity index is 863. The molecule has 2 heterocycles. The highest BCUT2D eigenvalue weighted by atomic mass is 32.2. The van der Waals surface area contributed by atoms with Gasteiger partial charge in [0.1, 0.15) is 5.75 Å². The maximum atomic E-state index is 11.5. The van der Waals surface area contributed by atoms with Gasteiger partial charge in [0.05, 0.1) is 18.7 Å². The third-order valence-electron chi connectivity index (χ3n) is 6.32. The lowest BCUT2D eigenvalue weighted by molar-refractivity contribution is -0.139. The van der Waals surface area contributed by atoms with Crippen LogP contribution in [0, 0.1) is 11.8 Å². The summed E-state index contributed by atoms with van der Waals surface area (Å²) in [6.45, 7) is 5.04. The number of ether oxygens (including phenoxy) is 1. The molecule has 0 bridgehead atoms. The zero-order chi connectivity index (χ0) is 22.2. The zero-order valence-corrected chi connectivity index (χ0v) is 19.3. The molecular formula is C24H34N2O4S. The van der Waals surface area contributed by atoms with Crippen LogP contribution in [0.1, 0.15) is 44.3 Å². The van der Waals surface area contributed by atoms with Gasteiger partial charge >= 0.3 is 5.97 Å². The van der Waals surface area contributed by atoms with E-state index in [-0.39, 0.29) is 12.3 Å². The largest absolute Gasteiger partial charge is 0.497 e. The number of aliphatic hydroxyl groups is 1. The number of fused-ring (bicyclic) bond motifs is 1. The van der Waals surface area contributed by atoms with Crippen molar-refractivity contribution in [3.63, 3.8) is 0 Å². The number of carboxylic acid groups (broad SMARTS) is 1. The van der Waals surface area contributed by atoms with E-state index in [1.54, 1.807) is 13.3 Å². The average molecular weight is 447 g/mol. The third-order valence-corrected chi connectivity index (χ3v) is 7.20. The molecule has 3 rings (SSSR count). The van der Waals surface area contributed by atoms with Gasteiger partial charge in [-0.15, -0.1) is 0 Å². The van der Waals surface area contributed by atoms with Crippen molar-refractivity contribution in [3.05, 3.63) is 36.0 Å². The molecule has 1 aliphatic heterocycles. The predicted octanol–water partition coefficient (Wildman–Crippen LogP) is 4.22. The van der Waals surface area contributed by atoms with Gasteiger partial charge in [0.2, 0.25) is 0 Å². The fraction of sp³-hybridized carbons (Fsp3) is 0.583. The van der Waals surface area contributed by atoms with Gasteiger partial charge in [0.25, 0.3) is 0 Å². The number of benzene rings is 1. The Kier molecular flexibility index (Phi) is 8.99. The lowest BCUT2D eigenvalue weighted by atomic mass is 9.79. The zero-order valence-electron chi connectivity index (χ0n) is 18.5. The van der Waals surface area contributed by atoms with Crippen molar-refractivity contribution in [3.8, 4) is 5.75 Å². The van der Waals surface area contributed by atoms with E-state index in [0.717, 1.165) is 66.2 Å². The first-order valence-corrected chi connectivity index (χ1v) is 12.3. The molecule has 0 saturated carbocycles. The fourth-order valence-corrected chi connectivity index (χ4v) is 5.30. The molecule has 1 fully saturated rings. The molecule has 6 nitrogen and oxygen atoms in total. The number of aliphatic carboxylic acids is 1. The van der Waals surface area contributed by atoms with Crippen molar-refractivity contribution in [2.45, 2.75) is 38.7 Å². The summed E-state index contributed by atoms with van der Waals surface area (Å²) in [4.78, 5) is 18.3. The molecule has 0 amide bonds. The van der Waals surface area contributed by atoms with Crippen molar-refractivity contribution in [1.82, 2.24) is 9.88 Å². The average Bonchev–Trinajstić information content (AvgIpc) is 2.77. The number of hydrogen-bond donors (Lipinski definition) is 2. The Hall–Kier alpha value is -1.83. The number of aromatic nitrogens is 1. The molecule has 7 heteroatoms. The Labute approximate surface area is 189 Å². The molecule has 0 spiro atoms. The van der Waals surface area contributed by atoms with Gasteiger partial charge in [0, 0.05) is 36.8 Å². The van der Waals surface area contributed by atoms with Crippen LogP contribution in [-0.2, 0) is 4.79 Å². The van der Waals surface area contributed by atoms with E-state index in [1.807, 2.05) is 36.0 Å². The minimum absolute atomic E-state index is 0.138. The summed E-state index contributed by atoms with van der Waals surface area (Å²) in [5.41, 5.74) is 1.69. The van der Waals surface area contributed by atoms with Crippen molar-refractivity contribution < 1.29 is 19.7 Å². The smallest absolute Gasteiger partial charge is 0.303 e. The van der Waals surface area contributed by atoms with E-state index in [1.165, 1.54) is 0 Å². The number of rotatable bonds is 11. The normalized spacial score (nSPS) is 20.6. The maximum absolute atomic E-state index is 11.5. The van der Waals surface area contributed by atoms with E-state index in [0.29, 0.717) is 12.3 Å². The number of nitrogens with zero attached hydrogens (tertiary/aromatic N) is 2. The Morgan fingerprint density at radius 3 is 2.94 bits per heavy atom. The number of piperidine rings is 1. The van der Waals surface area contributed by atoms with E-state index in [2.05, 4.69) is 16.8 Å². The van der Waals surface area contributed by atoms with Gasteiger partial charge in [-0.25, -0.2) is 0 Å². The summed E-state index contributed by atoms with van der Waals surface area (Å²) in [5.74, 6) is 2.68. The summed E-state index contributed by atoms with van der Waals surface area (Å²) >= 11 is 1.93. The number of pyridine rings is 1. The first-order valence-electron chi connectivity index (χ1n) is 11.1. The van der Waals surface area contributed by atoms with Crippen LogP contribution in [-0.4, -0.2) is 64.3 Å². The molecule has 3 atom stereocenters. The molecule has 1 aromatic carbocycles. The van der Waals surface area contributed by atoms with Crippen LogP contribution in [0.25, 0.3) is 10.9 Å². The summed E-state index contributed by atoms with van der Waals surface area (Å²) < 4.78 is 5.34. The number of thioether (sulfide) groups is 1. The monoisotopic (exact) mass is 446 g/mol. The van der Waals surface area contributed by atoms with Crippen molar-refractivity contribution in [2.24, 2.45) is 11.8 Å². The van der Waals surface area contributed by atoms with Crippen molar-refractivity contribution in [1.29, 1.82) is 0 Å². The molecule has 0 radical (unpaired) electrons. The van der Waals surface area contributed by atoms with Gasteiger partial charge in [-0.05, 0) is 73.2 Å². The van der Waals surface area contributed by atoms with Gasteiger partial charge < -0.3 is 19.8 Å². The number of carbonyl (C=O) groups is 1. The molecule has 31 heavy (non-hydrogen) atoms. The maximum Gasteiger partial charge on any atom is 0.303 e. The Morgan fingerprint density at radius 1 is 1.35 bits per heavy atom. The molecule has 0 unspecified atom stereocenters. The van der Waals surface area contributed by atoms with Gasteiger partial charge in [-0.2, -0.15) is 11.8 Å². The first kappa shape index (κ1) is 23.8. The van der Waals surface area contributed by atoms with Crippen molar-refractivity contribution in [2.75, 3.05) is 38.2 Å². The van der Waals surface area contributed by atoms with Crippen LogP contribution in [0.4, 0.5) is 0 Å². The number of likely N-dealkylation sites (tertiary alicyclic amines) is 1. The summed E-state index contributed by atoms with van der Waals surface area (Å²) in [6.07, 6.45) is 3.75. The molecular weight excluding hydrogens is 412 g/mol. The minimum atomic E-state index is -0.729. The number of methoxy groups -OCH3 is 1. The number of carboxylic acids is 1. The highest BCUT2D eigenvalue weighted by Crippen LogP contribution is 2.34. The summed E-state index contributed by atoms with van der Waals surface area (Å²) in [5, 5.41) is 21.3. The van der Waals surface area contributed by atoms with Gasteiger partial charge in [0.15, 0.2) is 0 Å².